The minimum absolute atomic E-state index is 0.173. The Bertz CT molecular complexity index is 455. The van der Waals surface area contributed by atoms with Crippen LogP contribution in [0.25, 0.3) is 0 Å². The molecule has 102 valence electrons. The van der Waals surface area contributed by atoms with E-state index in [-0.39, 0.29) is 11.8 Å². The Hall–Kier alpha value is -1.33. The minimum atomic E-state index is -0.173. The number of carbonyl (C=O) groups excluding carboxylic acids is 2. The van der Waals surface area contributed by atoms with E-state index in [1.165, 1.54) is 4.90 Å². The normalized spacial score (nSPS) is 15.8. The molecular formula is C14H18N2O2S. The maximum Gasteiger partial charge on any atom is 0.261 e. The standard InChI is InChI=1S/C14H18N2O2S/c1-10(6-7-15)19-9-8-16-13(17)11-4-2-3-5-12(11)14(16)18/h2-5,10H,6-9,15H2,1H3. The largest absolute Gasteiger partial charge is 0.330 e. The number of carbonyl (C=O) groups is 2. The third-order valence-corrected chi connectivity index (χ3v) is 4.39. The number of thioether (sulfide) groups is 1. The quantitative estimate of drug-likeness (QED) is 0.805. The van der Waals surface area contributed by atoms with Gasteiger partial charge in [0, 0.05) is 17.5 Å². The zero-order valence-corrected chi connectivity index (χ0v) is 11.8. The molecule has 1 aromatic carbocycles. The van der Waals surface area contributed by atoms with Gasteiger partial charge in [-0.2, -0.15) is 11.8 Å². The van der Waals surface area contributed by atoms with Gasteiger partial charge in [-0.05, 0) is 25.1 Å². The molecule has 0 spiro atoms. The van der Waals surface area contributed by atoms with Gasteiger partial charge in [0.05, 0.1) is 11.1 Å². The van der Waals surface area contributed by atoms with E-state index in [9.17, 15) is 9.59 Å². The van der Waals surface area contributed by atoms with Crippen molar-refractivity contribution in [2.24, 2.45) is 5.73 Å². The Morgan fingerprint density at radius 1 is 1.21 bits per heavy atom. The molecule has 0 aromatic heterocycles. The van der Waals surface area contributed by atoms with Gasteiger partial charge in [-0.25, -0.2) is 0 Å². The highest BCUT2D eigenvalue weighted by molar-refractivity contribution is 7.99. The van der Waals surface area contributed by atoms with Crippen molar-refractivity contribution >= 4 is 23.6 Å². The van der Waals surface area contributed by atoms with E-state index in [1.54, 1.807) is 36.0 Å². The van der Waals surface area contributed by atoms with E-state index < -0.39 is 0 Å². The van der Waals surface area contributed by atoms with Crippen molar-refractivity contribution in [3.63, 3.8) is 0 Å². The molecule has 1 aliphatic rings. The van der Waals surface area contributed by atoms with Crippen molar-refractivity contribution in [2.45, 2.75) is 18.6 Å². The van der Waals surface area contributed by atoms with Crippen LogP contribution in [0, 0.1) is 0 Å². The zero-order valence-electron chi connectivity index (χ0n) is 11.0. The molecule has 0 fully saturated rings. The molecule has 2 N–H and O–H groups in total. The third-order valence-electron chi connectivity index (χ3n) is 3.17. The first-order chi connectivity index (χ1) is 9.15. The summed E-state index contributed by atoms with van der Waals surface area (Å²) in [6, 6.07) is 6.98. The molecule has 2 amide bonds. The number of hydrogen-bond donors (Lipinski definition) is 1. The Labute approximate surface area is 117 Å². The van der Waals surface area contributed by atoms with Crippen molar-refractivity contribution in [1.29, 1.82) is 0 Å². The lowest BCUT2D eigenvalue weighted by Gasteiger charge is -2.15. The number of nitrogens with two attached hydrogens (primary N) is 1. The van der Waals surface area contributed by atoms with Crippen molar-refractivity contribution in [3.8, 4) is 0 Å². The maximum absolute atomic E-state index is 12.1. The van der Waals surface area contributed by atoms with Gasteiger partial charge < -0.3 is 5.73 Å². The molecule has 5 heteroatoms. The number of hydrogen-bond acceptors (Lipinski definition) is 4. The van der Waals surface area contributed by atoms with Gasteiger partial charge in [0.2, 0.25) is 0 Å². The van der Waals surface area contributed by atoms with Crippen LogP contribution in [0.5, 0.6) is 0 Å². The second-order valence-corrected chi connectivity index (χ2v) is 6.11. The summed E-state index contributed by atoms with van der Waals surface area (Å²) in [7, 11) is 0. The molecular weight excluding hydrogens is 260 g/mol. The number of benzene rings is 1. The summed E-state index contributed by atoms with van der Waals surface area (Å²) in [6.07, 6.45) is 0.951. The predicted octanol–water partition coefficient (Wildman–Crippen LogP) is 1.75. The van der Waals surface area contributed by atoms with Gasteiger partial charge in [-0.15, -0.1) is 0 Å². The van der Waals surface area contributed by atoms with Crippen LogP contribution in [0.15, 0.2) is 24.3 Å². The van der Waals surface area contributed by atoms with E-state index in [4.69, 9.17) is 5.73 Å². The zero-order chi connectivity index (χ0) is 13.8. The van der Waals surface area contributed by atoms with Gasteiger partial charge >= 0.3 is 0 Å². The second kappa shape index (κ2) is 6.21. The van der Waals surface area contributed by atoms with Crippen LogP contribution in [0.1, 0.15) is 34.1 Å². The van der Waals surface area contributed by atoms with Crippen molar-refractivity contribution < 1.29 is 9.59 Å². The first kappa shape index (κ1) is 14.1. The molecule has 4 nitrogen and oxygen atoms in total. The second-order valence-electron chi connectivity index (χ2n) is 4.57. The van der Waals surface area contributed by atoms with Crippen LogP contribution < -0.4 is 5.73 Å². The molecule has 2 rings (SSSR count). The van der Waals surface area contributed by atoms with Crippen LogP contribution >= 0.6 is 11.8 Å². The maximum atomic E-state index is 12.1. The molecule has 1 aromatic rings. The van der Waals surface area contributed by atoms with E-state index in [2.05, 4.69) is 6.92 Å². The van der Waals surface area contributed by atoms with Crippen molar-refractivity contribution in [2.75, 3.05) is 18.8 Å². The molecule has 0 saturated heterocycles. The Balaban J connectivity index is 1.93. The lowest BCUT2D eigenvalue weighted by molar-refractivity contribution is 0.0664. The number of rotatable bonds is 6. The molecule has 1 heterocycles. The molecule has 0 aliphatic carbocycles. The molecule has 19 heavy (non-hydrogen) atoms. The molecule has 0 saturated carbocycles. The fraction of sp³-hybridized carbons (Fsp3) is 0.429. The Morgan fingerprint density at radius 2 is 1.79 bits per heavy atom. The summed E-state index contributed by atoms with van der Waals surface area (Å²) in [6.45, 7) is 3.24. The van der Waals surface area contributed by atoms with Crippen LogP contribution in [-0.2, 0) is 0 Å². The average Bonchev–Trinajstić information content (AvgIpc) is 2.65. The number of amides is 2. The number of imide groups is 1. The van der Waals surface area contributed by atoms with Gasteiger partial charge in [0.1, 0.15) is 0 Å². The molecule has 1 aliphatic heterocycles. The van der Waals surface area contributed by atoms with E-state index in [0.717, 1.165) is 12.2 Å². The van der Waals surface area contributed by atoms with Crippen LogP contribution in [-0.4, -0.2) is 40.8 Å². The first-order valence-electron chi connectivity index (χ1n) is 6.42. The van der Waals surface area contributed by atoms with Gasteiger partial charge in [-0.1, -0.05) is 19.1 Å². The summed E-state index contributed by atoms with van der Waals surface area (Å²) in [5, 5.41) is 0.459. The smallest absolute Gasteiger partial charge is 0.261 e. The van der Waals surface area contributed by atoms with Crippen LogP contribution in [0.4, 0.5) is 0 Å². The highest BCUT2D eigenvalue weighted by Gasteiger charge is 2.34. The molecule has 0 radical (unpaired) electrons. The Kier molecular flexibility index (Phi) is 4.61. The summed E-state index contributed by atoms with van der Waals surface area (Å²) < 4.78 is 0. The predicted molar refractivity (Wildman–Crippen MR) is 77.4 cm³/mol. The lowest BCUT2D eigenvalue weighted by Crippen LogP contribution is -2.32. The molecule has 1 unspecified atom stereocenters. The number of fused-ring (bicyclic) bond motifs is 1. The fourth-order valence-electron chi connectivity index (χ4n) is 2.11. The first-order valence-corrected chi connectivity index (χ1v) is 7.47. The van der Waals surface area contributed by atoms with Crippen LogP contribution in [0.2, 0.25) is 0 Å². The molecule has 1 atom stereocenters. The van der Waals surface area contributed by atoms with E-state index in [1.807, 2.05) is 0 Å². The fourth-order valence-corrected chi connectivity index (χ4v) is 3.10. The van der Waals surface area contributed by atoms with E-state index in [0.29, 0.717) is 29.5 Å². The molecule has 0 bridgehead atoms. The SMILES string of the molecule is CC(CCN)SCCN1C(=O)c2ccccc2C1=O. The van der Waals surface area contributed by atoms with Gasteiger partial charge in [0.15, 0.2) is 0 Å². The van der Waals surface area contributed by atoms with E-state index >= 15 is 0 Å². The average molecular weight is 278 g/mol. The highest BCUT2D eigenvalue weighted by Crippen LogP contribution is 2.23. The van der Waals surface area contributed by atoms with Crippen LogP contribution in [0.3, 0.4) is 0 Å². The topological polar surface area (TPSA) is 63.4 Å². The van der Waals surface area contributed by atoms with Crippen molar-refractivity contribution in [1.82, 2.24) is 4.90 Å². The summed E-state index contributed by atoms with van der Waals surface area (Å²) in [4.78, 5) is 25.5. The monoisotopic (exact) mass is 278 g/mol. The van der Waals surface area contributed by atoms with Crippen molar-refractivity contribution in [3.05, 3.63) is 35.4 Å². The highest BCUT2D eigenvalue weighted by atomic mass is 32.2. The lowest BCUT2D eigenvalue weighted by atomic mass is 10.1. The summed E-state index contributed by atoms with van der Waals surface area (Å²) in [5.41, 5.74) is 6.53. The van der Waals surface area contributed by atoms with Gasteiger partial charge in [-0.3, -0.25) is 14.5 Å². The summed E-state index contributed by atoms with van der Waals surface area (Å²) in [5.74, 6) is 0.410. The number of nitrogens with zero attached hydrogens (tertiary/aromatic N) is 1. The minimum Gasteiger partial charge on any atom is -0.330 e. The van der Waals surface area contributed by atoms with Gasteiger partial charge in [0.25, 0.3) is 11.8 Å². The Morgan fingerprint density at radius 3 is 2.32 bits per heavy atom. The third kappa shape index (κ3) is 2.98. The summed E-state index contributed by atoms with van der Waals surface area (Å²) >= 11 is 1.74.